The zero-order valence-electron chi connectivity index (χ0n) is 11.3. The first-order chi connectivity index (χ1) is 8.60. The van der Waals surface area contributed by atoms with Gasteiger partial charge in [0.2, 0.25) is 5.91 Å². The summed E-state index contributed by atoms with van der Waals surface area (Å²) in [5.74, 6) is 0.175. The molecular weight excluding hydrogens is 228 g/mol. The Morgan fingerprint density at radius 3 is 2.72 bits per heavy atom. The van der Waals surface area contributed by atoms with Crippen LogP contribution in [0.1, 0.15) is 20.8 Å². The van der Waals surface area contributed by atoms with Crippen molar-refractivity contribution >= 4 is 11.6 Å². The third-order valence-electron chi connectivity index (χ3n) is 2.85. The number of hydrogen-bond donors (Lipinski definition) is 2. The molecule has 1 amide bonds. The maximum atomic E-state index is 12.3. The second-order valence-electron chi connectivity index (χ2n) is 4.31. The topological polar surface area (TPSA) is 52.6 Å². The molecule has 0 aromatic heterocycles. The van der Waals surface area contributed by atoms with E-state index in [9.17, 15) is 9.90 Å². The van der Waals surface area contributed by atoms with Crippen LogP contribution >= 0.6 is 0 Å². The quantitative estimate of drug-likeness (QED) is 0.812. The first-order valence-electron chi connectivity index (χ1n) is 6.41. The molecule has 1 rings (SSSR count). The highest BCUT2D eigenvalue weighted by Gasteiger charge is 2.20. The number of aromatic hydroxyl groups is 1. The van der Waals surface area contributed by atoms with Crippen LogP contribution in [-0.2, 0) is 4.79 Å². The van der Waals surface area contributed by atoms with Crippen molar-refractivity contribution in [3.63, 3.8) is 0 Å². The fourth-order valence-electron chi connectivity index (χ4n) is 1.84. The number of phenolic OH excluding ortho intramolecular Hbond substituents is 1. The maximum absolute atomic E-state index is 12.3. The number of amides is 1. The van der Waals surface area contributed by atoms with Crippen LogP contribution in [0, 0.1) is 5.92 Å². The Bertz CT molecular complexity index is 393. The Morgan fingerprint density at radius 1 is 1.44 bits per heavy atom. The first-order valence-corrected chi connectivity index (χ1v) is 6.41. The van der Waals surface area contributed by atoms with Crippen LogP contribution in [-0.4, -0.2) is 30.6 Å². The van der Waals surface area contributed by atoms with Gasteiger partial charge < -0.3 is 15.3 Å². The van der Waals surface area contributed by atoms with E-state index in [2.05, 4.69) is 5.32 Å². The fraction of sp³-hybridized carbons (Fsp3) is 0.500. The van der Waals surface area contributed by atoms with Crippen LogP contribution in [0.25, 0.3) is 0 Å². The standard InChI is InChI=1S/C14H22N2O2/c1-4-15-10-11(3)14(18)16(5-2)12-7-6-8-13(17)9-12/h6-9,11,15,17H,4-5,10H2,1-3H3. The van der Waals surface area contributed by atoms with Gasteiger partial charge >= 0.3 is 0 Å². The zero-order chi connectivity index (χ0) is 13.5. The van der Waals surface area contributed by atoms with E-state index >= 15 is 0 Å². The van der Waals surface area contributed by atoms with Crippen LogP contribution < -0.4 is 10.2 Å². The molecule has 2 N–H and O–H groups in total. The van der Waals surface area contributed by atoms with Crippen molar-refractivity contribution in [2.75, 3.05) is 24.5 Å². The number of phenols is 1. The molecule has 4 nitrogen and oxygen atoms in total. The monoisotopic (exact) mass is 250 g/mol. The summed E-state index contributed by atoms with van der Waals surface area (Å²) in [7, 11) is 0. The number of carbonyl (C=O) groups excluding carboxylic acids is 1. The highest BCUT2D eigenvalue weighted by atomic mass is 16.3. The average molecular weight is 250 g/mol. The van der Waals surface area contributed by atoms with Crippen molar-refractivity contribution in [3.05, 3.63) is 24.3 Å². The summed E-state index contributed by atoms with van der Waals surface area (Å²) < 4.78 is 0. The molecule has 0 aliphatic carbocycles. The Kier molecular flexibility index (Phi) is 5.65. The molecule has 0 aliphatic heterocycles. The molecule has 4 heteroatoms. The summed E-state index contributed by atoms with van der Waals surface area (Å²) in [6, 6.07) is 6.79. The predicted octanol–water partition coefficient (Wildman–Crippen LogP) is 1.99. The normalized spacial score (nSPS) is 12.2. The molecule has 0 spiro atoms. The Balaban J connectivity index is 2.79. The van der Waals surface area contributed by atoms with E-state index in [1.165, 1.54) is 0 Å². The molecule has 0 saturated carbocycles. The van der Waals surface area contributed by atoms with Crippen LogP contribution in [0.3, 0.4) is 0 Å². The van der Waals surface area contributed by atoms with Gasteiger partial charge in [0.15, 0.2) is 0 Å². The Morgan fingerprint density at radius 2 is 2.17 bits per heavy atom. The van der Waals surface area contributed by atoms with E-state index in [4.69, 9.17) is 0 Å². The van der Waals surface area contributed by atoms with Gasteiger partial charge in [0.1, 0.15) is 5.75 Å². The molecule has 0 bridgehead atoms. The minimum Gasteiger partial charge on any atom is -0.508 e. The molecule has 0 radical (unpaired) electrons. The molecule has 1 unspecified atom stereocenters. The lowest BCUT2D eigenvalue weighted by Crippen LogP contribution is -2.39. The number of hydrogen-bond acceptors (Lipinski definition) is 3. The van der Waals surface area contributed by atoms with E-state index < -0.39 is 0 Å². The van der Waals surface area contributed by atoms with Crippen molar-refractivity contribution in [2.24, 2.45) is 5.92 Å². The summed E-state index contributed by atoms with van der Waals surface area (Å²) >= 11 is 0. The van der Waals surface area contributed by atoms with Crippen LogP contribution in [0.2, 0.25) is 0 Å². The highest BCUT2D eigenvalue weighted by Crippen LogP contribution is 2.21. The molecule has 0 saturated heterocycles. The van der Waals surface area contributed by atoms with E-state index in [0.29, 0.717) is 13.1 Å². The molecule has 100 valence electrons. The van der Waals surface area contributed by atoms with Gasteiger partial charge in [-0.05, 0) is 25.6 Å². The molecule has 0 aliphatic rings. The van der Waals surface area contributed by atoms with Gasteiger partial charge in [-0.15, -0.1) is 0 Å². The minimum atomic E-state index is -0.0766. The lowest BCUT2D eigenvalue weighted by atomic mass is 10.1. The lowest BCUT2D eigenvalue weighted by Gasteiger charge is -2.24. The SMILES string of the molecule is CCNCC(C)C(=O)N(CC)c1cccc(O)c1. The van der Waals surface area contributed by atoms with Gasteiger partial charge in [-0.25, -0.2) is 0 Å². The summed E-state index contributed by atoms with van der Waals surface area (Å²) in [5, 5.41) is 12.6. The average Bonchev–Trinajstić information content (AvgIpc) is 2.36. The maximum Gasteiger partial charge on any atom is 0.231 e. The van der Waals surface area contributed by atoms with E-state index in [1.54, 1.807) is 23.1 Å². The van der Waals surface area contributed by atoms with Crippen LogP contribution in [0.5, 0.6) is 5.75 Å². The number of nitrogens with zero attached hydrogens (tertiary/aromatic N) is 1. The van der Waals surface area contributed by atoms with Crippen molar-refractivity contribution in [1.82, 2.24) is 5.32 Å². The molecule has 1 aromatic carbocycles. The Hall–Kier alpha value is -1.55. The van der Waals surface area contributed by atoms with Crippen LogP contribution in [0.4, 0.5) is 5.69 Å². The van der Waals surface area contributed by atoms with Gasteiger partial charge in [-0.3, -0.25) is 4.79 Å². The molecular formula is C14H22N2O2. The van der Waals surface area contributed by atoms with Crippen molar-refractivity contribution < 1.29 is 9.90 Å². The molecule has 18 heavy (non-hydrogen) atoms. The summed E-state index contributed by atoms with van der Waals surface area (Å²) in [6.07, 6.45) is 0. The van der Waals surface area contributed by atoms with E-state index in [-0.39, 0.29) is 17.6 Å². The highest BCUT2D eigenvalue weighted by molar-refractivity contribution is 5.95. The summed E-state index contributed by atoms with van der Waals surface area (Å²) in [4.78, 5) is 14.0. The molecule has 1 atom stereocenters. The van der Waals surface area contributed by atoms with Crippen LogP contribution in [0.15, 0.2) is 24.3 Å². The minimum absolute atomic E-state index is 0.0732. The van der Waals surface area contributed by atoms with Gasteiger partial charge in [0.05, 0.1) is 0 Å². The number of rotatable bonds is 6. The van der Waals surface area contributed by atoms with Crippen molar-refractivity contribution in [1.29, 1.82) is 0 Å². The molecule has 1 aromatic rings. The zero-order valence-corrected chi connectivity index (χ0v) is 11.3. The Labute approximate surface area is 109 Å². The van der Waals surface area contributed by atoms with Crippen molar-refractivity contribution in [2.45, 2.75) is 20.8 Å². The fourth-order valence-corrected chi connectivity index (χ4v) is 1.84. The first kappa shape index (κ1) is 14.5. The third-order valence-corrected chi connectivity index (χ3v) is 2.85. The summed E-state index contributed by atoms with van der Waals surface area (Å²) in [6.45, 7) is 7.99. The van der Waals surface area contributed by atoms with Gasteiger partial charge in [-0.1, -0.05) is 19.9 Å². The second kappa shape index (κ2) is 7.01. The third kappa shape index (κ3) is 3.74. The molecule has 0 heterocycles. The van der Waals surface area contributed by atoms with Crippen molar-refractivity contribution in [3.8, 4) is 5.75 Å². The molecule has 0 fully saturated rings. The number of nitrogens with one attached hydrogen (secondary N) is 1. The smallest absolute Gasteiger partial charge is 0.231 e. The number of anilines is 1. The number of benzene rings is 1. The predicted molar refractivity (Wildman–Crippen MR) is 73.8 cm³/mol. The largest absolute Gasteiger partial charge is 0.508 e. The lowest BCUT2D eigenvalue weighted by molar-refractivity contribution is -0.121. The van der Waals surface area contributed by atoms with Gasteiger partial charge in [0.25, 0.3) is 0 Å². The van der Waals surface area contributed by atoms with E-state index in [1.807, 2.05) is 26.8 Å². The van der Waals surface area contributed by atoms with Gasteiger partial charge in [-0.2, -0.15) is 0 Å². The second-order valence-corrected chi connectivity index (χ2v) is 4.31. The van der Waals surface area contributed by atoms with Gasteiger partial charge in [0, 0.05) is 30.8 Å². The number of carbonyl (C=O) groups is 1. The summed E-state index contributed by atoms with van der Waals surface area (Å²) in [5.41, 5.74) is 0.742. The van der Waals surface area contributed by atoms with E-state index in [0.717, 1.165) is 12.2 Å².